The molecule has 0 amide bonds. The standard InChI is InChI=1S/C14H20ClFN2/c1-2-8-17-11-5-4-9-18(10-11)13-7-3-6-12(15)14(13)16/h3,6-7,11,17H,2,4-5,8-10H2,1H3. The second kappa shape index (κ2) is 6.39. The summed E-state index contributed by atoms with van der Waals surface area (Å²) in [6.45, 7) is 4.94. The minimum absolute atomic E-state index is 0.205. The molecule has 18 heavy (non-hydrogen) atoms. The Balaban J connectivity index is 2.06. The van der Waals surface area contributed by atoms with E-state index in [-0.39, 0.29) is 10.8 Å². The summed E-state index contributed by atoms with van der Waals surface area (Å²) in [7, 11) is 0. The lowest BCUT2D eigenvalue weighted by atomic mass is 10.0. The van der Waals surface area contributed by atoms with E-state index >= 15 is 0 Å². The number of halogens is 2. The van der Waals surface area contributed by atoms with Crippen LogP contribution in [0.4, 0.5) is 10.1 Å². The van der Waals surface area contributed by atoms with Crippen LogP contribution in [0.25, 0.3) is 0 Å². The molecule has 0 saturated carbocycles. The van der Waals surface area contributed by atoms with Crippen LogP contribution in [-0.2, 0) is 0 Å². The number of anilines is 1. The Kier molecular flexibility index (Phi) is 4.84. The van der Waals surface area contributed by atoms with Crippen LogP contribution in [0.2, 0.25) is 5.02 Å². The lowest BCUT2D eigenvalue weighted by Gasteiger charge is -2.35. The molecule has 1 saturated heterocycles. The van der Waals surface area contributed by atoms with Gasteiger partial charge in [0.1, 0.15) is 0 Å². The fourth-order valence-corrected chi connectivity index (χ4v) is 2.62. The SMILES string of the molecule is CCCNC1CCCN(c2cccc(Cl)c2F)C1. The zero-order valence-electron chi connectivity index (χ0n) is 10.8. The summed E-state index contributed by atoms with van der Waals surface area (Å²) < 4.78 is 14.0. The molecular formula is C14H20ClFN2. The van der Waals surface area contributed by atoms with E-state index in [1.165, 1.54) is 6.42 Å². The van der Waals surface area contributed by atoms with Crippen molar-refractivity contribution < 1.29 is 4.39 Å². The first-order chi connectivity index (χ1) is 8.72. The summed E-state index contributed by atoms with van der Waals surface area (Å²) in [4.78, 5) is 2.10. The van der Waals surface area contributed by atoms with Gasteiger partial charge in [-0.1, -0.05) is 24.6 Å². The van der Waals surface area contributed by atoms with Crippen molar-refractivity contribution in [2.75, 3.05) is 24.5 Å². The molecule has 1 atom stereocenters. The Morgan fingerprint density at radius 1 is 1.50 bits per heavy atom. The molecule has 1 aromatic rings. The Morgan fingerprint density at radius 3 is 3.11 bits per heavy atom. The zero-order chi connectivity index (χ0) is 13.0. The molecule has 1 aliphatic heterocycles. The van der Waals surface area contributed by atoms with Gasteiger partial charge in [0.2, 0.25) is 0 Å². The summed E-state index contributed by atoms with van der Waals surface area (Å²) in [6, 6.07) is 5.67. The van der Waals surface area contributed by atoms with Gasteiger partial charge in [-0.05, 0) is 37.9 Å². The maximum atomic E-state index is 14.0. The van der Waals surface area contributed by atoms with E-state index in [0.717, 1.165) is 32.5 Å². The molecule has 1 N–H and O–H groups in total. The molecule has 4 heteroatoms. The van der Waals surface area contributed by atoms with Crippen LogP contribution in [-0.4, -0.2) is 25.7 Å². The van der Waals surface area contributed by atoms with Gasteiger partial charge in [-0.15, -0.1) is 0 Å². The van der Waals surface area contributed by atoms with E-state index in [4.69, 9.17) is 11.6 Å². The van der Waals surface area contributed by atoms with Crippen LogP contribution in [0, 0.1) is 5.82 Å². The van der Waals surface area contributed by atoms with Gasteiger partial charge in [0.25, 0.3) is 0 Å². The van der Waals surface area contributed by atoms with Gasteiger partial charge in [0.15, 0.2) is 5.82 Å². The molecule has 0 aromatic heterocycles. The first kappa shape index (κ1) is 13.6. The molecule has 0 bridgehead atoms. The molecule has 0 radical (unpaired) electrons. The van der Waals surface area contributed by atoms with E-state index < -0.39 is 0 Å². The summed E-state index contributed by atoms with van der Waals surface area (Å²) in [5.74, 6) is -0.296. The van der Waals surface area contributed by atoms with Gasteiger partial charge in [0.05, 0.1) is 10.7 Å². The largest absolute Gasteiger partial charge is 0.368 e. The average Bonchev–Trinajstić information content (AvgIpc) is 2.40. The highest BCUT2D eigenvalue weighted by atomic mass is 35.5. The van der Waals surface area contributed by atoms with Crippen LogP contribution in [0.3, 0.4) is 0 Å². The third-order valence-corrected chi connectivity index (χ3v) is 3.67. The summed E-state index contributed by atoms with van der Waals surface area (Å²) in [6.07, 6.45) is 3.38. The number of benzene rings is 1. The van der Waals surface area contributed by atoms with Crippen molar-refractivity contribution in [2.45, 2.75) is 32.2 Å². The molecule has 0 spiro atoms. The first-order valence-electron chi connectivity index (χ1n) is 6.64. The van der Waals surface area contributed by atoms with Crippen LogP contribution in [0.1, 0.15) is 26.2 Å². The normalized spacial score (nSPS) is 20.2. The van der Waals surface area contributed by atoms with Crippen LogP contribution >= 0.6 is 11.6 Å². The smallest absolute Gasteiger partial charge is 0.165 e. The minimum Gasteiger partial charge on any atom is -0.368 e. The van der Waals surface area contributed by atoms with E-state index in [2.05, 4.69) is 17.1 Å². The molecule has 1 aliphatic rings. The lowest BCUT2D eigenvalue weighted by molar-refractivity contribution is 0.420. The molecule has 2 rings (SSSR count). The number of hydrogen-bond acceptors (Lipinski definition) is 2. The lowest BCUT2D eigenvalue weighted by Crippen LogP contribution is -2.46. The molecule has 1 heterocycles. The third kappa shape index (κ3) is 3.15. The Labute approximate surface area is 113 Å². The molecule has 1 fully saturated rings. The van der Waals surface area contributed by atoms with Crippen LogP contribution in [0.5, 0.6) is 0 Å². The highest BCUT2D eigenvalue weighted by Crippen LogP contribution is 2.27. The molecule has 100 valence electrons. The Morgan fingerprint density at radius 2 is 2.33 bits per heavy atom. The highest BCUT2D eigenvalue weighted by Gasteiger charge is 2.22. The van der Waals surface area contributed by atoms with Crippen molar-refractivity contribution >= 4 is 17.3 Å². The maximum Gasteiger partial charge on any atom is 0.165 e. The molecule has 1 unspecified atom stereocenters. The number of piperidine rings is 1. The van der Waals surface area contributed by atoms with Gasteiger partial charge >= 0.3 is 0 Å². The Bertz CT molecular complexity index is 397. The van der Waals surface area contributed by atoms with Crippen LogP contribution < -0.4 is 10.2 Å². The van der Waals surface area contributed by atoms with Gasteiger partial charge in [0, 0.05) is 19.1 Å². The summed E-state index contributed by atoms with van der Waals surface area (Å²) in [5.41, 5.74) is 0.630. The fraction of sp³-hybridized carbons (Fsp3) is 0.571. The predicted octanol–water partition coefficient (Wildman–Crippen LogP) is 3.45. The van der Waals surface area contributed by atoms with Gasteiger partial charge in [-0.25, -0.2) is 4.39 Å². The monoisotopic (exact) mass is 270 g/mol. The second-order valence-corrected chi connectivity index (χ2v) is 5.22. The quantitative estimate of drug-likeness (QED) is 0.902. The molecule has 2 nitrogen and oxygen atoms in total. The van der Waals surface area contributed by atoms with Crippen molar-refractivity contribution in [2.24, 2.45) is 0 Å². The third-order valence-electron chi connectivity index (χ3n) is 3.38. The number of rotatable bonds is 4. The first-order valence-corrected chi connectivity index (χ1v) is 7.02. The average molecular weight is 271 g/mol. The highest BCUT2D eigenvalue weighted by molar-refractivity contribution is 6.31. The van der Waals surface area contributed by atoms with Crippen molar-refractivity contribution in [1.82, 2.24) is 5.32 Å². The van der Waals surface area contributed by atoms with Gasteiger partial charge in [-0.2, -0.15) is 0 Å². The molecular weight excluding hydrogens is 251 g/mol. The van der Waals surface area contributed by atoms with Gasteiger partial charge < -0.3 is 10.2 Å². The molecule has 0 aliphatic carbocycles. The van der Waals surface area contributed by atoms with Crippen molar-refractivity contribution in [3.05, 3.63) is 29.0 Å². The predicted molar refractivity (Wildman–Crippen MR) is 74.9 cm³/mol. The van der Waals surface area contributed by atoms with Crippen molar-refractivity contribution in [3.63, 3.8) is 0 Å². The van der Waals surface area contributed by atoms with E-state index in [9.17, 15) is 4.39 Å². The fourth-order valence-electron chi connectivity index (χ4n) is 2.45. The van der Waals surface area contributed by atoms with E-state index in [1.54, 1.807) is 6.07 Å². The van der Waals surface area contributed by atoms with E-state index in [0.29, 0.717) is 11.7 Å². The Hall–Kier alpha value is -0.800. The number of nitrogens with one attached hydrogen (secondary N) is 1. The number of hydrogen-bond donors (Lipinski definition) is 1. The maximum absolute atomic E-state index is 14.0. The number of nitrogens with zero attached hydrogens (tertiary/aromatic N) is 1. The van der Waals surface area contributed by atoms with E-state index in [1.807, 2.05) is 12.1 Å². The second-order valence-electron chi connectivity index (χ2n) is 4.81. The van der Waals surface area contributed by atoms with Gasteiger partial charge in [-0.3, -0.25) is 0 Å². The van der Waals surface area contributed by atoms with Crippen LogP contribution in [0.15, 0.2) is 18.2 Å². The topological polar surface area (TPSA) is 15.3 Å². The minimum atomic E-state index is -0.296. The zero-order valence-corrected chi connectivity index (χ0v) is 11.5. The summed E-state index contributed by atoms with van der Waals surface area (Å²) in [5, 5.41) is 3.71. The molecule has 1 aromatic carbocycles. The van der Waals surface area contributed by atoms with Crippen molar-refractivity contribution in [1.29, 1.82) is 0 Å². The summed E-state index contributed by atoms with van der Waals surface area (Å²) >= 11 is 5.84. The van der Waals surface area contributed by atoms with Crippen molar-refractivity contribution in [3.8, 4) is 0 Å².